The molecule has 0 aromatic heterocycles. The molecular formula is C18H22KO8P. The zero-order valence-corrected chi connectivity index (χ0v) is 20.4. The number of hydrogen-bond acceptors (Lipinski definition) is 6. The first-order valence-corrected chi connectivity index (χ1v) is 9.25. The van der Waals surface area contributed by atoms with Crippen molar-refractivity contribution in [3.8, 4) is 28.7 Å². The Morgan fingerprint density at radius 1 is 0.786 bits per heavy atom. The van der Waals surface area contributed by atoms with Crippen LogP contribution in [-0.4, -0.2) is 38.2 Å². The van der Waals surface area contributed by atoms with E-state index in [0.29, 0.717) is 22.8 Å². The number of benzene rings is 2. The Balaban J connectivity index is 0.00000392. The van der Waals surface area contributed by atoms with E-state index in [1.54, 1.807) is 36.4 Å². The number of rotatable bonds is 8. The zero-order valence-electron chi connectivity index (χ0n) is 17.3. The topological polar surface area (TPSA) is 104 Å². The van der Waals surface area contributed by atoms with E-state index in [0.717, 1.165) is 5.56 Å². The summed E-state index contributed by atoms with van der Waals surface area (Å²) < 4.78 is 36.8. The molecule has 0 atom stereocenters. The predicted molar refractivity (Wildman–Crippen MR) is 102 cm³/mol. The van der Waals surface area contributed by atoms with Crippen molar-refractivity contribution in [2.45, 2.75) is 0 Å². The van der Waals surface area contributed by atoms with Gasteiger partial charge in [-0.1, -0.05) is 18.2 Å². The standard InChI is InChI=1S/C18H21O8P.K.H/c1-22-14-8-7-12(9-15(14)26-27(19,20)21)5-6-13-10-16(23-2)18(25-4)17(11-13)24-3;;/h5-11H,1-4H3,(H2,19,20,21);;/q;+1;-1/b6-5-;;. The van der Waals surface area contributed by atoms with Gasteiger partial charge >= 0.3 is 59.2 Å². The smallest absolute Gasteiger partial charge is 1.00 e. The van der Waals surface area contributed by atoms with Crippen LogP contribution in [0, 0.1) is 0 Å². The van der Waals surface area contributed by atoms with E-state index in [4.69, 9.17) is 28.7 Å². The molecule has 2 aromatic carbocycles. The van der Waals surface area contributed by atoms with Crippen LogP contribution in [0.15, 0.2) is 30.3 Å². The summed E-state index contributed by atoms with van der Waals surface area (Å²) in [7, 11) is 1.26. The Bertz CT molecular complexity index is 859. The molecule has 148 valence electrons. The number of methoxy groups -OCH3 is 4. The van der Waals surface area contributed by atoms with Crippen molar-refractivity contribution in [1.29, 1.82) is 0 Å². The fourth-order valence-electron chi connectivity index (χ4n) is 2.39. The zero-order chi connectivity index (χ0) is 20.0. The average Bonchev–Trinajstić information content (AvgIpc) is 2.64. The minimum atomic E-state index is -4.71. The van der Waals surface area contributed by atoms with Crippen LogP contribution in [0.5, 0.6) is 28.7 Å². The van der Waals surface area contributed by atoms with Crippen molar-refractivity contribution in [2.75, 3.05) is 28.4 Å². The second-order valence-corrected chi connectivity index (χ2v) is 6.45. The summed E-state index contributed by atoms with van der Waals surface area (Å²) in [6, 6.07) is 8.29. The molecule has 2 N–H and O–H groups in total. The maximum Gasteiger partial charge on any atom is 1.00 e. The maximum absolute atomic E-state index is 11.1. The van der Waals surface area contributed by atoms with Gasteiger partial charge in [-0.3, -0.25) is 9.79 Å². The molecule has 10 heteroatoms. The fraction of sp³-hybridized carbons (Fsp3) is 0.222. The van der Waals surface area contributed by atoms with Crippen molar-refractivity contribution in [2.24, 2.45) is 0 Å². The normalized spacial score (nSPS) is 10.9. The minimum absolute atomic E-state index is 0. The molecule has 0 amide bonds. The van der Waals surface area contributed by atoms with E-state index < -0.39 is 7.82 Å². The van der Waals surface area contributed by atoms with E-state index in [1.165, 1.54) is 34.5 Å². The number of ether oxygens (including phenoxy) is 4. The van der Waals surface area contributed by atoms with Crippen molar-refractivity contribution in [3.05, 3.63) is 41.5 Å². The van der Waals surface area contributed by atoms with Crippen LogP contribution in [0.25, 0.3) is 12.2 Å². The molecule has 0 bridgehead atoms. The van der Waals surface area contributed by atoms with Gasteiger partial charge in [0.15, 0.2) is 23.0 Å². The van der Waals surface area contributed by atoms with Crippen LogP contribution < -0.4 is 74.9 Å². The monoisotopic (exact) mass is 436 g/mol. The van der Waals surface area contributed by atoms with Crippen molar-refractivity contribution in [1.82, 2.24) is 0 Å². The molecule has 0 radical (unpaired) electrons. The van der Waals surface area contributed by atoms with E-state index in [-0.39, 0.29) is 64.3 Å². The summed E-state index contributed by atoms with van der Waals surface area (Å²) in [5, 5.41) is 0. The van der Waals surface area contributed by atoms with E-state index in [2.05, 4.69) is 4.52 Å². The van der Waals surface area contributed by atoms with Crippen LogP contribution in [0.4, 0.5) is 0 Å². The third-order valence-corrected chi connectivity index (χ3v) is 3.99. The molecule has 0 saturated carbocycles. The van der Waals surface area contributed by atoms with Gasteiger partial charge < -0.3 is 24.9 Å². The molecule has 2 rings (SSSR count). The predicted octanol–water partition coefficient (Wildman–Crippen LogP) is 0.479. The Morgan fingerprint density at radius 3 is 1.75 bits per heavy atom. The summed E-state index contributed by atoms with van der Waals surface area (Å²) in [6.07, 6.45) is 3.53. The SMILES string of the molecule is COc1ccc(/C=C\c2cc(OC)c(OC)c(OC)c2)cc1OP(=O)(O)O.[H-].[K+]. The minimum Gasteiger partial charge on any atom is -1.00 e. The van der Waals surface area contributed by atoms with Crippen LogP contribution >= 0.6 is 7.82 Å². The molecule has 0 unspecified atom stereocenters. The number of hydrogen-bond donors (Lipinski definition) is 2. The summed E-state index contributed by atoms with van der Waals surface area (Å²) >= 11 is 0. The van der Waals surface area contributed by atoms with Crippen molar-refractivity contribution < 1.29 is 90.6 Å². The van der Waals surface area contributed by atoms with Crippen LogP contribution in [0.1, 0.15) is 12.6 Å². The molecule has 2 aromatic rings. The molecule has 0 aliphatic rings. The summed E-state index contributed by atoms with van der Waals surface area (Å²) in [4.78, 5) is 18.1. The first-order chi connectivity index (χ1) is 12.8. The molecule has 0 aliphatic carbocycles. The van der Waals surface area contributed by atoms with Gasteiger partial charge in [0.1, 0.15) is 0 Å². The first-order valence-electron chi connectivity index (χ1n) is 7.72. The Labute approximate surface area is 207 Å². The largest absolute Gasteiger partial charge is 1.00 e. The Hall–Kier alpha value is -1.03. The number of phosphoric acid groups is 1. The van der Waals surface area contributed by atoms with E-state index >= 15 is 0 Å². The van der Waals surface area contributed by atoms with Gasteiger partial charge in [0.05, 0.1) is 28.4 Å². The van der Waals surface area contributed by atoms with Crippen molar-refractivity contribution >= 4 is 20.0 Å². The summed E-state index contributed by atoms with van der Waals surface area (Å²) in [5.74, 6) is 1.66. The van der Waals surface area contributed by atoms with Gasteiger partial charge in [-0.05, 0) is 35.4 Å². The Kier molecular flexibility index (Phi) is 10.0. The molecular weight excluding hydrogens is 414 g/mol. The van der Waals surface area contributed by atoms with Crippen LogP contribution in [0.2, 0.25) is 0 Å². The molecule has 0 spiro atoms. The Morgan fingerprint density at radius 2 is 1.29 bits per heavy atom. The van der Waals surface area contributed by atoms with Gasteiger partial charge in [0, 0.05) is 0 Å². The van der Waals surface area contributed by atoms with E-state index in [1.807, 2.05) is 0 Å². The van der Waals surface area contributed by atoms with E-state index in [9.17, 15) is 4.57 Å². The summed E-state index contributed by atoms with van der Waals surface area (Å²) in [5.41, 5.74) is 1.42. The van der Waals surface area contributed by atoms with Gasteiger partial charge in [-0.15, -0.1) is 0 Å². The van der Waals surface area contributed by atoms with Gasteiger partial charge in [-0.25, -0.2) is 4.57 Å². The molecule has 28 heavy (non-hydrogen) atoms. The van der Waals surface area contributed by atoms with Gasteiger partial charge in [0.2, 0.25) is 5.75 Å². The molecule has 0 saturated heterocycles. The molecule has 0 fully saturated rings. The average molecular weight is 436 g/mol. The molecule has 8 nitrogen and oxygen atoms in total. The van der Waals surface area contributed by atoms with Crippen LogP contribution in [0.3, 0.4) is 0 Å². The quantitative estimate of drug-likeness (QED) is 0.350. The maximum atomic E-state index is 11.1. The molecule has 0 aliphatic heterocycles. The number of phosphoric ester groups is 1. The van der Waals surface area contributed by atoms with Gasteiger partial charge in [0.25, 0.3) is 0 Å². The van der Waals surface area contributed by atoms with Crippen molar-refractivity contribution in [3.63, 3.8) is 0 Å². The third-order valence-electron chi connectivity index (χ3n) is 3.56. The first kappa shape index (κ1) is 25.0. The summed E-state index contributed by atoms with van der Waals surface area (Å²) in [6.45, 7) is 0. The van der Waals surface area contributed by atoms with Gasteiger partial charge in [-0.2, -0.15) is 0 Å². The second-order valence-electron chi connectivity index (χ2n) is 5.28. The fourth-order valence-corrected chi connectivity index (χ4v) is 2.79. The molecule has 0 heterocycles. The van der Waals surface area contributed by atoms with Crippen LogP contribution in [-0.2, 0) is 4.57 Å². The second kappa shape index (κ2) is 11.2. The third kappa shape index (κ3) is 6.79.